The average molecular weight is 197 g/mol. The van der Waals surface area contributed by atoms with Crippen LogP contribution in [0, 0.1) is 5.92 Å². The number of carbonyl (C=O) groups is 2. The lowest BCUT2D eigenvalue weighted by Gasteiger charge is -2.24. The number of carbonyl (C=O) groups excluding carboxylic acids is 1. The monoisotopic (exact) mass is 197 g/mol. The molecule has 0 atom stereocenters. The fraction of sp³-hybridized carbons (Fsp3) is 0.600. The van der Waals surface area contributed by atoms with Crippen LogP contribution in [0.25, 0.3) is 0 Å². The van der Waals surface area contributed by atoms with E-state index in [-0.39, 0.29) is 17.3 Å². The highest BCUT2D eigenvalue weighted by atomic mass is 16.4. The largest absolute Gasteiger partial charge is 0.478 e. The average Bonchev–Trinajstić information content (AvgIpc) is 1.95. The van der Waals surface area contributed by atoms with E-state index in [1.165, 1.54) is 6.20 Å². The molecule has 0 saturated heterocycles. The van der Waals surface area contributed by atoms with E-state index in [1.54, 1.807) is 19.0 Å². The number of carboxylic acid groups (broad SMARTS) is 1. The van der Waals surface area contributed by atoms with Gasteiger partial charge in [-0.15, -0.1) is 0 Å². The molecule has 0 spiro atoms. The molecule has 78 valence electrons. The summed E-state index contributed by atoms with van der Waals surface area (Å²) in [6, 6.07) is 0. The predicted molar refractivity (Wildman–Crippen MR) is 51.8 cm³/mol. The topological polar surface area (TPSA) is 57.6 Å². The molecule has 0 bridgehead atoms. The van der Waals surface area contributed by atoms with Gasteiger partial charge in [-0.05, 0) is 12.8 Å². The third kappa shape index (κ3) is 2.34. The second kappa shape index (κ2) is 4.26. The number of aliphatic carboxylic acids is 1. The van der Waals surface area contributed by atoms with Crippen molar-refractivity contribution >= 4 is 11.8 Å². The lowest BCUT2D eigenvalue weighted by Crippen LogP contribution is -2.27. The zero-order valence-electron chi connectivity index (χ0n) is 8.49. The number of Topliss-reactive ketones (excluding diaryl/α,β-unsaturated/α-hetero) is 1. The molecule has 0 aromatic rings. The Hall–Kier alpha value is -1.32. The van der Waals surface area contributed by atoms with Crippen LogP contribution < -0.4 is 0 Å². The van der Waals surface area contributed by atoms with E-state index in [9.17, 15) is 9.59 Å². The smallest absolute Gasteiger partial charge is 0.340 e. The molecule has 0 aromatic carbocycles. The van der Waals surface area contributed by atoms with Gasteiger partial charge in [0.15, 0.2) is 5.78 Å². The van der Waals surface area contributed by atoms with Crippen LogP contribution >= 0.6 is 0 Å². The molecule has 1 saturated carbocycles. The van der Waals surface area contributed by atoms with E-state index in [2.05, 4.69) is 0 Å². The van der Waals surface area contributed by atoms with Gasteiger partial charge >= 0.3 is 5.97 Å². The lowest BCUT2D eigenvalue weighted by molar-refractivity contribution is -0.135. The Morgan fingerprint density at radius 3 is 2.21 bits per heavy atom. The molecule has 0 unspecified atom stereocenters. The molecular weight excluding hydrogens is 182 g/mol. The summed E-state index contributed by atoms with van der Waals surface area (Å²) < 4.78 is 0. The van der Waals surface area contributed by atoms with E-state index in [1.807, 2.05) is 0 Å². The maximum Gasteiger partial charge on any atom is 0.340 e. The van der Waals surface area contributed by atoms with Crippen molar-refractivity contribution in [3.8, 4) is 0 Å². The number of ketones is 1. The van der Waals surface area contributed by atoms with E-state index >= 15 is 0 Å². The van der Waals surface area contributed by atoms with Crippen LogP contribution in [0.15, 0.2) is 11.8 Å². The van der Waals surface area contributed by atoms with Gasteiger partial charge in [0.25, 0.3) is 0 Å². The molecule has 1 rings (SSSR count). The summed E-state index contributed by atoms with van der Waals surface area (Å²) >= 11 is 0. The maximum atomic E-state index is 11.6. The maximum absolute atomic E-state index is 11.6. The summed E-state index contributed by atoms with van der Waals surface area (Å²) in [7, 11) is 3.41. The molecule has 0 radical (unpaired) electrons. The minimum absolute atomic E-state index is 0.0581. The molecule has 4 heteroatoms. The fourth-order valence-electron chi connectivity index (χ4n) is 1.37. The Kier molecular flexibility index (Phi) is 3.28. The van der Waals surface area contributed by atoms with E-state index in [0.29, 0.717) is 0 Å². The van der Waals surface area contributed by atoms with E-state index < -0.39 is 5.97 Å². The third-order valence-electron chi connectivity index (χ3n) is 2.36. The van der Waals surface area contributed by atoms with Gasteiger partial charge in [-0.1, -0.05) is 6.42 Å². The van der Waals surface area contributed by atoms with Crippen molar-refractivity contribution in [1.82, 2.24) is 4.90 Å². The number of carboxylic acids is 1. The number of nitrogens with zero attached hydrogens (tertiary/aromatic N) is 1. The summed E-state index contributed by atoms with van der Waals surface area (Å²) in [6.45, 7) is 0. The van der Waals surface area contributed by atoms with Gasteiger partial charge in [-0.2, -0.15) is 0 Å². The highest BCUT2D eigenvalue weighted by Crippen LogP contribution is 2.29. The molecule has 1 fully saturated rings. The zero-order chi connectivity index (χ0) is 10.7. The number of rotatable bonds is 4. The van der Waals surface area contributed by atoms with Crippen molar-refractivity contribution in [3.63, 3.8) is 0 Å². The Balaban J connectivity index is 2.76. The Morgan fingerprint density at radius 1 is 1.36 bits per heavy atom. The van der Waals surface area contributed by atoms with Crippen LogP contribution in [-0.2, 0) is 9.59 Å². The molecule has 0 aliphatic heterocycles. The molecule has 0 heterocycles. The van der Waals surface area contributed by atoms with Gasteiger partial charge in [0.05, 0.1) is 0 Å². The first-order valence-corrected chi connectivity index (χ1v) is 4.68. The van der Waals surface area contributed by atoms with Gasteiger partial charge in [0.2, 0.25) is 0 Å². The van der Waals surface area contributed by atoms with Crippen molar-refractivity contribution in [1.29, 1.82) is 0 Å². The minimum Gasteiger partial charge on any atom is -0.478 e. The molecule has 14 heavy (non-hydrogen) atoms. The molecule has 0 amide bonds. The number of hydrogen-bond donors (Lipinski definition) is 1. The van der Waals surface area contributed by atoms with Crippen molar-refractivity contribution in [2.75, 3.05) is 14.1 Å². The SMILES string of the molecule is CN(C)/C=C(\C(=O)O)C(=O)C1CCC1. The molecule has 1 N–H and O–H groups in total. The lowest BCUT2D eigenvalue weighted by atomic mass is 9.80. The second-order valence-corrected chi connectivity index (χ2v) is 3.80. The molecule has 4 nitrogen and oxygen atoms in total. The van der Waals surface area contributed by atoms with Crippen LogP contribution in [0.1, 0.15) is 19.3 Å². The predicted octanol–water partition coefficient (Wildman–Crippen LogP) is 0.886. The van der Waals surface area contributed by atoms with E-state index in [0.717, 1.165) is 19.3 Å². The molecule has 0 aromatic heterocycles. The first-order chi connectivity index (χ1) is 6.52. The first kappa shape index (κ1) is 10.8. The quantitative estimate of drug-likeness (QED) is 0.413. The van der Waals surface area contributed by atoms with Crippen LogP contribution in [0.4, 0.5) is 0 Å². The van der Waals surface area contributed by atoms with E-state index in [4.69, 9.17) is 5.11 Å². The summed E-state index contributed by atoms with van der Waals surface area (Å²) in [5.41, 5.74) is -0.0975. The van der Waals surface area contributed by atoms with Gasteiger partial charge in [-0.3, -0.25) is 4.79 Å². The fourth-order valence-corrected chi connectivity index (χ4v) is 1.37. The zero-order valence-corrected chi connectivity index (χ0v) is 8.49. The summed E-state index contributed by atoms with van der Waals surface area (Å²) in [4.78, 5) is 24.0. The van der Waals surface area contributed by atoms with Crippen LogP contribution in [-0.4, -0.2) is 35.9 Å². The number of hydrogen-bond acceptors (Lipinski definition) is 3. The van der Waals surface area contributed by atoms with Gasteiger partial charge < -0.3 is 10.0 Å². The Bertz CT molecular complexity index is 277. The van der Waals surface area contributed by atoms with Crippen LogP contribution in [0.5, 0.6) is 0 Å². The van der Waals surface area contributed by atoms with Crippen molar-refractivity contribution in [2.45, 2.75) is 19.3 Å². The van der Waals surface area contributed by atoms with Gasteiger partial charge in [0.1, 0.15) is 5.57 Å². The van der Waals surface area contributed by atoms with Crippen molar-refractivity contribution in [3.05, 3.63) is 11.8 Å². The first-order valence-electron chi connectivity index (χ1n) is 4.68. The highest BCUT2D eigenvalue weighted by molar-refractivity contribution is 6.17. The van der Waals surface area contributed by atoms with Crippen LogP contribution in [0.3, 0.4) is 0 Å². The Labute approximate surface area is 83.2 Å². The normalized spacial score (nSPS) is 17.4. The molecule has 1 aliphatic rings. The second-order valence-electron chi connectivity index (χ2n) is 3.80. The van der Waals surface area contributed by atoms with Gasteiger partial charge in [-0.25, -0.2) is 4.79 Å². The third-order valence-corrected chi connectivity index (χ3v) is 2.36. The summed E-state index contributed by atoms with van der Waals surface area (Å²) in [5, 5.41) is 8.85. The minimum atomic E-state index is -1.13. The van der Waals surface area contributed by atoms with Crippen molar-refractivity contribution in [2.24, 2.45) is 5.92 Å². The van der Waals surface area contributed by atoms with Crippen LogP contribution in [0.2, 0.25) is 0 Å². The standard InChI is InChI=1S/C10H15NO3/c1-11(2)6-8(10(13)14)9(12)7-4-3-5-7/h6-7H,3-5H2,1-2H3,(H,13,14)/b8-6-. The van der Waals surface area contributed by atoms with Crippen molar-refractivity contribution < 1.29 is 14.7 Å². The molecular formula is C10H15NO3. The van der Waals surface area contributed by atoms with Gasteiger partial charge in [0, 0.05) is 26.2 Å². The summed E-state index contributed by atoms with van der Waals surface area (Å²) in [5.74, 6) is -1.41. The summed E-state index contributed by atoms with van der Waals surface area (Å²) in [6.07, 6.45) is 4.07. The molecule has 1 aliphatic carbocycles. The Morgan fingerprint density at radius 2 is 1.93 bits per heavy atom. The highest BCUT2D eigenvalue weighted by Gasteiger charge is 2.30.